The van der Waals surface area contributed by atoms with Crippen LogP contribution in [0, 0.1) is 5.92 Å². The average Bonchev–Trinajstić information content (AvgIpc) is 3.19. The van der Waals surface area contributed by atoms with E-state index in [1.54, 1.807) is 17.0 Å². The lowest BCUT2D eigenvalue weighted by molar-refractivity contribution is -0.151. The number of anilines is 1. The van der Waals surface area contributed by atoms with Gasteiger partial charge in [0.05, 0.1) is 24.6 Å². The van der Waals surface area contributed by atoms with Gasteiger partial charge in [-0.05, 0) is 36.8 Å². The maximum atomic E-state index is 12.4. The molecule has 0 bridgehead atoms. The predicted octanol–water partition coefficient (Wildman–Crippen LogP) is 2.56. The fraction of sp³-hybridized carbons (Fsp3) is 0.304. The van der Waals surface area contributed by atoms with E-state index in [1.165, 1.54) is 19.2 Å². The minimum absolute atomic E-state index is 0.0621. The standard InChI is InChI=1S/C23H24N2O6/c1-15(16-6-4-3-5-7-16)25-13-18(12-21(25)27)23(29)31-14-20(26)24-19-10-8-17(9-11-19)22(28)30-2/h3-11,15,18H,12-14H2,1-2H3,(H,24,26)/t15-,18-/m0/s1. The molecule has 1 saturated heterocycles. The molecule has 0 unspecified atom stereocenters. The zero-order chi connectivity index (χ0) is 22.4. The maximum Gasteiger partial charge on any atom is 0.337 e. The molecule has 8 heteroatoms. The van der Waals surface area contributed by atoms with Gasteiger partial charge in [0.15, 0.2) is 6.61 Å². The van der Waals surface area contributed by atoms with Crippen molar-refractivity contribution in [2.45, 2.75) is 19.4 Å². The van der Waals surface area contributed by atoms with Crippen molar-refractivity contribution in [1.82, 2.24) is 4.90 Å². The first kappa shape index (κ1) is 22.0. The molecule has 162 valence electrons. The van der Waals surface area contributed by atoms with E-state index in [4.69, 9.17) is 4.74 Å². The zero-order valence-corrected chi connectivity index (χ0v) is 17.4. The highest BCUT2D eigenvalue weighted by Crippen LogP contribution is 2.29. The minimum Gasteiger partial charge on any atom is -0.465 e. The van der Waals surface area contributed by atoms with Crippen molar-refractivity contribution in [3.63, 3.8) is 0 Å². The molecule has 2 amide bonds. The number of hydrogen-bond donors (Lipinski definition) is 1. The smallest absolute Gasteiger partial charge is 0.337 e. The normalized spacial score (nSPS) is 16.5. The Labute approximate surface area is 180 Å². The first-order chi connectivity index (χ1) is 14.9. The van der Waals surface area contributed by atoms with E-state index in [1.807, 2.05) is 37.3 Å². The van der Waals surface area contributed by atoms with Gasteiger partial charge in [-0.3, -0.25) is 14.4 Å². The molecule has 2 aromatic rings. The van der Waals surface area contributed by atoms with Crippen molar-refractivity contribution < 1.29 is 28.7 Å². The number of methoxy groups -OCH3 is 1. The second-order valence-electron chi connectivity index (χ2n) is 7.26. The molecule has 1 N–H and O–H groups in total. The van der Waals surface area contributed by atoms with Crippen LogP contribution in [0.15, 0.2) is 54.6 Å². The summed E-state index contributed by atoms with van der Waals surface area (Å²) in [6.07, 6.45) is 0.0621. The summed E-state index contributed by atoms with van der Waals surface area (Å²) in [5.74, 6) is -2.29. The van der Waals surface area contributed by atoms with Gasteiger partial charge in [0.1, 0.15) is 0 Å². The molecule has 2 atom stereocenters. The van der Waals surface area contributed by atoms with E-state index < -0.39 is 30.4 Å². The Bertz CT molecular complexity index is 958. The molecule has 1 aliphatic heterocycles. The second kappa shape index (κ2) is 9.88. The number of amides is 2. The van der Waals surface area contributed by atoms with Gasteiger partial charge in [0.2, 0.25) is 5.91 Å². The monoisotopic (exact) mass is 424 g/mol. The van der Waals surface area contributed by atoms with Crippen LogP contribution in [0.4, 0.5) is 5.69 Å². The Hall–Kier alpha value is -3.68. The number of esters is 2. The Kier molecular flexibility index (Phi) is 7.02. The van der Waals surface area contributed by atoms with Crippen LogP contribution in [0.1, 0.15) is 35.3 Å². The van der Waals surface area contributed by atoms with E-state index in [9.17, 15) is 19.2 Å². The Morgan fingerprint density at radius 2 is 1.77 bits per heavy atom. The van der Waals surface area contributed by atoms with Crippen LogP contribution in [0.2, 0.25) is 0 Å². The first-order valence-electron chi connectivity index (χ1n) is 9.88. The molecule has 3 rings (SSSR count). The number of nitrogens with one attached hydrogen (secondary N) is 1. The fourth-order valence-electron chi connectivity index (χ4n) is 3.43. The van der Waals surface area contributed by atoms with Gasteiger partial charge in [-0.2, -0.15) is 0 Å². The largest absolute Gasteiger partial charge is 0.465 e. The Morgan fingerprint density at radius 3 is 2.42 bits per heavy atom. The van der Waals surface area contributed by atoms with Crippen LogP contribution < -0.4 is 5.32 Å². The fourth-order valence-corrected chi connectivity index (χ4v) is 3.43. The SMILES string of the molecule is COC(=O)c1ccc(NC(=O)COC(=O)[C@H]2CC(=O)N([C@@H](C)c3ccccc3)C2)cc1. The van der Waals surface area contributed by atoms with Crippen molar-refractivity contribution in [2.75, 3.05) is 25.6 Å². The van der Waals surface area contributed by atoms with Gasteiger partial charge < -0.3 is 19.7 Å². The van der Waals surface area contributed by atoms with Crippen LogP contribution >= 0.6 is 0 Å². The number of likely N-dealkylation sites (tertiary alicyclic amines) is 1. The van der Waals surface area contributed by atoms with E-state index in [0.29, 0.717) is 11.3 Å². The summed E-state index contributed by atoms with van der Waals surface area (Å²) in [6.45, 7) is 1.71. The van der Waals surface area contributed by atoms with Gasteiger partial charge in [-0.1, -0.05) is 30.3 Å². The van der Waals surface area contributed by atoms with Crippen LogP contribution in [0.5, 0.6) is 0 Å². The molecule has 0 radical (unpaired) electrons. The highest BCUT2D eigenvalue weighted by molar-refractivity contribution is 5.95. The summed E-state index contributed by atoms with van der Waals surface area (Å²) in [5, 5.41) is 2.58. The minimum atomic E-state index is -0.606. The van der Waals surface area contributed by atoms with E-state index >= 15 is 0 Å². The quantitative estimate of drug-likeness (QED) is 0.686. The van der Waals surface area contributed by atoms with Crippen LogP contribution in [0.3, 0.4) is 0 Å². The number of rotatable bonds is 7. The molecular weight excluding hydrogens is 400 g/mol. The molecule has 0 spiro atoms. The summed E-state index contributed by atoms with van der Waals surface area (Å²) in [7, 11) is 1.28. The van der Waals surface area contributed by atoms with Gasteiger partial charge in [-0.25, -0.2) is 4.79 Å². The van der Waals surface area contributed by atoms with Gasteiger partial charge >= 0.3 is 11.9 Å². The highest BCUT2D eigenvalue weighted by Gasteiger charge is 2.38. The first-order valence-corrected chi connectivity index (χ1v) is 9.88. The lowest BCUT2D eigenvalue weighted by Crippen LogP contribution is -2.30. The van der Waals surface area contributed by atoms with E-state index in [-0.39, 0.29) is 24.9 Å². The summed E-state index contributed by atoms with van der Waals surface area (Å²) < 4.78 is 9.73. The molecule has 1 heterocycles. The third-order valence-corrected chi connectivity index (χ3v) is 5.18. The van der Waals surface area contributed by atoms with Crippen molar-refractivity contribution >= 4 is 29.4 Å². The van der Waals surface area contributed by atoms with Crippen LogP contribution in [0.25, 0.3) is 0 Å². The van der Waals surface area contributed by atoms with Crippen LogP contribution in [-0.2, 0) is 23.9 Å². The third kappa shape index (κ3) is 5.48. The number of ether oxygens (including phenoxy) is 2. The lowest BCUT2D eigenvalue weighted by atomic mass is 10.1. The molecule has 8 nitrogen and oxygen atoms in total. The highest BCUT2D eigenvalue weighted by atomic mass is 16.5. The number of carbonyl (C=O) groups is 4. The Balaban J connectivity index is 1.48. The molecule has 0 saturated carbocycles. The van der Waals surface area contributed by atoms with Crippen molar-refractivity contribution in [3.05, 3.63) is 65.7 Å². The summed E-state index contributed by atoms with van der Waals surface area (Å²) in [6, 6.07) is 15.6. The van der Waals surface area contributed by atoms with Crippen molar-refractivity contribution in [1.29, 1.82) is 0 Å². The lowest BCUT2D eigenvalue weighted by Gasteiger charge is -2.25. The topological polar surface area (TPSA) is 102 Å². The Morgan fingerprint density at radius 1 is 1.10 bits per heavy atom. The molecule has 2 aromatic carbocycles. The molecule has 0 aliphatic carbocycles. The molecule has 0 aromatic heterocycles. The van der Waals surface area contributed by atoms with Gasteiger partial charge in [-0.15, -0.1) is 0 Å². The maximum absolute atomic E-state index is 12.4. The molecule has 1 fully saturated rings. The number of hydrogen-bond acceptors (Lipinski definition) is 6. The summed E-state index contributed by atoms with van der Waals surface area (Å²) >= 11 is 0. The number of carbonyl (C=O) groups excluding carboxylic acids is 4. The number of nitrogens with zero attached hydrogens (tertiary/aromatic N) is 1. The summed E-state index contributed by atoms with van der Waals surface area (Å²) in [5.41, 5.74) is 1.79. The van der Waals surface area contributed by atoms with Gasteiger partial charge in [0, 0.05) is 18.7 Å². The molecule has 31 heavy (non-hydrogen) atoms. The molecule has 1 aliphatic rings. The van der Waals surface area contributed by atoms with Crippen LogP contribution in [-0.4, -0.2) is 48.9 Å². The summed E-state index contributed by atoms with van der Waals surface area (Å²) in [4.78, 5) is 49.9. The van der Waals surface area contributed by atoms with Crippen molar-refractivity contribution in [2.24, 2.45) is 5.92 Å². The third-order valence-electron chi connectivity index (χ3n) is 5.18. The van der Waals surface area contributed by atoms with E-state index in [0.717, 1.165) is 5.56 Å². The zero-order valence-electron chi connectivity index (χ0n) is 17.4. The molecular formula is C23H24N2O6. The second-order valence-corrected chi connectivity index (χ2v) is 7.26. The van der Waals surface area contributed by atoms with E-state index in [2.05, 4.69) is 10.1 Å². The van der Waals surface area contributed by atoms with Gasteiger partial charge in [0.25, 0.3) is 5.91 Å². The predicted molar refractivity (Wildman–Crippen MR) is 112 cm³/mol. The average molecular weight is 424 g/mol. The number of benzene rings is 2. The van der Waals surface area contributed by atoms with Crippen molar-refractivity contribution in [3.8, 4) is 0 Å².